The molecule has 1 aromatic rings. The number of aldehydes is 1. The highest BCUT2D eigenvalue weighted by atomic mass is 35.5. The van der Waals surface area contributed by atoms with Gasteiger partial charge < -0.3 is 14.3 Å². The molecule has 4 heteroatoms. The van der Waals surface area contributed by atoms with Gasteiger partial charge in [-0.3, -0.25) is 0 Å². The Balaban J connectivity index is 2.47. The maximum atomic E-state index is 10.5. The molecule has 0 aliphatic carbocycles. The summed E-state index contributed by atoms with van der Waals surface area (Å²) in [5.41, 5.74) is 2.05. The van der Waals surface area contributed by atoms with Crippen molar-refractivity contribution in [1.29, 1.82) is 0 Å². The minimum atomic E-state index is 0.143. The van der Waals surface area contributed by atoms with Gasteiger partial charge in [0.15, 0.2) is 11.5 Å². The molecule has 0 radical (unpaired) electrons. The van der Waals surface area contributed by atoms with Crippen molar-refractivity contribution in [1.82, 2.24) is 0 Å². The maximum Gasteiger partial charge on any atom is 0.231 e. The summed E-state index contributed by atoms with van der Waals surface area (Å²) in [7, 11) is 0. The Morgan fingerprint density at radius 2 is 2.19 bits per heavy atom. The van der Waals surface area contributed by atoms with Gasteiger partial charge in [0.25, 0.3) is 0 Å². The van der Waals surface area contributed by atoms with Gasteiger partial charge in [-0.2, -0.15) is 0 Å². The van der Waals surface area contributed by atoms with E-state index in [1.165, 1.54) is 0 Å². The van der Waals surface area contributed by atoms with Crippen molar-refractivity contribution in [3.63, 3.8) is 0 Å². The van der Waals surface area contributed by atoms with Crippen LogP contribution in [0.25, 0.3) is 0 Å². The molecule has 0 fully saturated rings. The van der Waals surface area contributed by atoms with Crippen LogP contribution in [0.3, 0.4) is 0 Å². The summed E-state index contributed by atoms with van der Waals surface area (Å²) in [5, 5.41) is 0.547. The lowest BCUT2D eigenvalue weighted by molar-refractivity contribution is -0.108. The summed E-state index contributed by atoms with van der Waals surface area (Å²) in [6.07, 6.45) is 1.40. The number of hydrogen-bond donors (Lipinski definition) is 0. The highest BCUT2D eigenvalue weighted by Crippen LogP contribution is 2.44. The predicted molar refractivity (Wildman–Crippen MR) is 61.4 cm³/mol. The van der Waals surface area contributed by atoms with Crippen LogP contribution in [-0.4, -0.2) is 13.1 Å². The number of rotatable bonds is 3. The van der Waals surface area contributed by atoms with Crippen LogP contribution in [0.15, 0.2) is 6.07 Å². The number of hydrogen-bond acceptors (Lipinski definition) is 3. The fraction of sp³-hybridized carbons (Fsp3) is 0.417. The van der Waals surface area contributed by atoms with Gasteiger partial charge >= 0.3 is 0 Å². The Kier molecular flexibility index (Phi) is 3.06. The number of carbonyl (C=O) groups is 1. The highest BCUT2D eigenvalue weighted by molar-refractivity contribution is 6.32. The molecule has 3 nitrogen and oxygen atoms in total. The first-order valence-electron chi connectivity index (χ1n) is 5.17. The Labute approximate surface area is 99.3 Å². The molecule has 2 rings (SSSR count). The molecule has 0 saturated carbocycles. The fourth-order valence-electron chi connectivity index (χ4n) is 1.96. The number of halogens is 1. The van der Waals surface area contributed by atoms with Crippen molar-refractivity contribution >= 4 is 17.9 Å². The Hall–Kier alpha value is -1.22. The second-order valence-electron chi connectivity index (χ2n) is 3.94. The fourth-order valence-corrected chi connectivity index (χ4v) is 2.22. The van der Waals surface area contributed by atoms with Crippen LogP contribution in [-0.2, 0) is 4.79 Å². The lowest BCUT2D eigenvalue weighted by Crippen LogP contribution is -1.99. The van der Waals surface area contributed by atoms with Crippen LogP contribution in [0, 0.1) is 6.92 Å². The molecular formula is C12H13ClO3. The number of fused-ring (bicyclic) bond motifs is 1. The summed E-state index contributed by atoms with van der Waals surface area (Å²) in [6, 6.07) is 1.86. The molecule has 1 atom stereocenters. The summed E-state index contributed by atoms with van der Waals surface area (Å²) in [6.45, 7) is 4.16. The van der Waals surface area contributed by atoms with Gasteiger partial charge in [-0.15, -0.1) is 0 Å². The number of ether oxygens (including phenoxy) is 2. The van der Waals surface area contributed by atoms with Crippen molar-refractivity contribution in [2.75, 3.05) is 6.79 Å². The molecular weight excluding hydrogens is 228 g/mol. The van der Waals surface area contributed by atoms with E-state index in [-0.39, 0.29) is 12.7 Å². The molecule has 1 unspecified atom stereocenters. The van der Waals surface area contributed by atoms with Gasteiger partial charge in [0.05, 0.1) is 5.02 Å². The summed E-state index contributed by atoms with van der Waals surface area (Å²) in [4.78, 5) is 10.5. The third-order valence-electron chi connectivity index (χ3n) is 2.87. The van der Waals surface area contributed by atoms with E-state index in [9.17, 15) is 4.79 Å². The zero-order chi connectivity index (χ0) is 11.7. The van der Waals surface area contributed by atoms with E-state index in [0.717, 1.165) is 17.4 Å². The molecule has 0 aromatic heterocycles. The molecule has 0 saturated heterocycles. The minimum Gasteiger partial charge on any atom is -0.453 e. The minimum absolute atomic E-state index is 0.143. The third-order valence-corrected chi connectivity index (χ3v) is 3.15. The molecule has 86 valence electrons. The first kappa shape index (κ1) is 11.3. The molecule has 1 aliphatic rings. The predicted octanol–water partition coefficient (Wildman–Crippen LogP) is 3.07. The van der Waals surface area contributed by atoms with E-state index in [1.807, 2.05) is 19.9 Å². The van der Waals surface area contributed by atoms with Gasteiger partial charge in [0.1, 0.15) is 6.29 Å². The number of benzene rings is 1. The topological polar surface area (TPSA) is 35.5 Å². The second kappa shape index (κ2) is 4.34. The average Bonchev–Trinajstić information content (AvgIpc) is 2.73. The average molecular weight is 241 g/mol. The van der Waals surface area contributed by atoms with Crippen molar-refractivity contribution < 1.29 is 14.3 Å². The van der Waals surface area contributed by atoms with Gasteiger partial charge in [-0.25, -0.2) is 0 Å². The van der Waals surface area contributed by atoms with Crippen LogP contribution < -0.4 is 9.47 Å². The van der Waals surface area contributed by atoms with Gasteiger partial charge in [-0.1, -0.05) is 18.5 Å². The van der Waals surface area contributed by atoms with Crippen LogP contribution >= 0.6 is 11.6 Å². The summed E-state index contributed by atoms with van der Waals surface area (Å²) >= 11 is 6.10. The van der Waals surface area contributed by atoms with Crippen LogP contribution in [0.1, 0.15) is 30.4 Å². The number of carbonyl (C=O) groups excluding carboxylic acids is 1. The normalized spacial score (nSPS) is 14.9. The van der Waals surface area contributed by atoms with E-state index in [4.69, 9.17) is 21.1 Å². The van der Waals surface area contributed by atoms with Crippen molar-refractivity contribution in [2.45, 2.75) is 26.2 Å². The quantitative estimate of drug-likeness (QED) is 0.762. The molecule has 0 bridgehead atoms. The van der Waals surface area contributed by atoms with E-state index in [1.54, 1.807) is 0 Å². The standard InChI is InChI=1S/C12H13ClO3/c1-7(3-4-14)9-5-10(13)12-11(8(9)2)15-6-16-12/h4-5,7H,3,6H2,1-2H3. The molecule has 16 heavy (non-hydrogen) atoms. The summed E-state index contributed by atoms with van der Waals surface area (Å²) < 4.78 is 10.7. The van der Waals surface area contributed by atoms with Gasteiger partial charge in [0, 0.05) is 6.42 Å². The van der Waals surface area contributed by atoms with Gasteiger partial charge in [-0.05, 0) is 30.0 Å². The van der Waals surface area contributed by atoms with Crippen LogP contribution in [0.4, 0.5) is 0 Å². The van der Waals surface area contributed by atoms with E-state index < -0.39 is 0 Å². The lowest BCUT2D eigenvalue weighted by atomic mass is 9.93. The first-order chi connectivity index (χ1) is 7.65. The van der Waals surface area contributed by atoms with E-state index >= 15 is 0 Å². The van der Waals surface area contributed by atoms with Crippen LogP contribution in [0.5, 0.6) is 11.5 Å². The van der Waals surface area contributed by atoms with E-state index in [2.05, 4.69) is 0 Å². The van der Waals surface area contributed by atoms with Crippen molar-refractivity contribution in [3.05, 3.63) is 22.2 Å². The smallest absolute Gasteiger partial charge is 0.231 e. The molecule has 0 amide bonds. The summed E-state index contributed by atoms with van der Waals surface area (Å²) in [5.74, 6) is 1.46. The Morgan fingerprint density at radius 3 is 2.88 bits per heavy atom. The monoisotopic (exact) mass is 240 g/mol. The SMILES string of the molecule is Cc1c(C(C)CC=O)cc(Cl)c2c1OCO2. The van der Waals surface area contributed by atoms with Gasteiger partial charge in [0.2, 0.25) is 6.79 Å². The van der Waals surface area contributed by atoms with Crippen molar-refractivity contribution in [2.24, 2.45) is 0 Å². The molecule has 1 aromatic carbocycles. The lowest BCUT2D eigenvalue weighted by Gasteiger charge is -2.14. The Morgan fingerprint density at radius 1 is 1.50 bits per heavy atom. The molecule has 0 N–H and O–H groups in total. The molecule has 1 heterocycles. The van der Waals surface area contributed by atoms with E-state index in [0.29, 0.717) is 22.9 Å². The third kappa shape index (κ3) is 1.76. The zero-order valence-electron chi connectivity index (χ0n) is 9.25. The zero-order valence-corrected chi connectivity index (χ0v) is 10.0. The molecule has 0 spiro atoms. The second-order valence-corrected chi connectivity index (χ2v) is 4.35. The first-order valence-corrected chi connectivity index (χ1v) is 5.55. The Bertz CT molecular complexity index is 429. The highest BCUT2D eigenvalue weighted by Gasteiger charge is 2.23. The van der Waals surface area contributed by atoms with Crippen molar-refractivity contribution in [3.8, 4) is 11.5 Å². The van der Waals surface area contributed by atoms with Crippen LogP contribution in [0.2, 0.25) is 5.02 Å². The molecule has 1 aliphatic heterocycles. The largest absolute Gasteiger partial charge is 0.453 e. The maximum absolute atomic E-state index is 10.5.